The van der Waals surface area contributed by atoms with Gasteiger partial charge in [0.2, 0.25) is 0 Å². The van der Waals surface area contributed by atoms with E-state index in [1.54, 1.807) is 0 Å². The normalized spacial score (nSPS) is 27.1. The molecule has 0 radical (unpaired) electrons. The molecule has 0 spiro atoms. The zero-order chi connectivity index (χ0) is 14.6. The molecule has 1 aliphatic carbocycles. The van der Waals surface area contributed by atoms with Gasteiger partial charge in [0, 0.05) is 28.4 Å². The molecule has 0 bridgehead atoms. The van der Waals surface area contributed by atoms with E-state index in [1.807, 2.05) is 11.3 Å². The quantitative estimate of drug-likeness (QED) is 0.855. The SMILES string of the molecule is CCc1ccc(CNCC2(N(C)C)CCCC(C)C2)s1. The molecule has 20 heavy (non-hydrogen) atoms. The smallest absolute Gasteiger partial charge is 0.0330 e. The van der Waals surface area contributed by atoms with Crippen LogP contribution in [0.15, 0.2) is 12.1 Å². The highest BCUT2D eigenvalue weighted by atomic mass is 32.1. The minimum atomic E-state index is 0.364. The number of rotatable bonds is 6. The maximum atomic E-state index is 3.72. The van der Waals surface area contributed by atoms with E-state index in [0.717, 1.165) is 25.4 Å². The Morgan fingerprint density at radius 1 is 1.35 bits per heavy atom. The molecule has 1 aromatic heterocycles. The first kappa shape index (κ1) is 16.0. The van der Waals surface area contributed by atoms with Gasteiger partial charge in [0.15, 0.2) is 0 Å². The molecule has 2 nitrogen and oxygen atoms in total. The van der Waals surface area contributed by atoms with E-state index in [1.165, 1.54) is 35.4 Å². The molecule has 1 N–H and O–H groups in total. The van der Waals surface area contributed by atoms with Crippen molar-refractivity contribution in [2.24, 2.45) is 5.92 Å². The lowest BCUT2D eigenvalue weighted by Gasteiger charge is -2.45. The van der Waals surface area contributed by atoms with Crippen molar-refractivity contribution in [2.45, 2.75) is 58.0 Å². The number of thiophene rings is 1. The van der Waals surface area contributed by atoms with E-state index in [2.05, 4.69) is 50.3 Å². The third kappa shape index (κ3) is 3.84. The summed E-state index contributed by atoms with van der Waals surface area (Å²) in [6.45, 7) is 6.77. The third-order valence-corrected chi connectivity index (χ3v) is 6.06. The highest BCUT2D eigenvalue weighted by Gasteiger charge is 2.36. The lowest BCUT2D eigenvalue weighted by molar-refractivity contribution is 0.0750. The van der Waals surface area contributed by atoms with Crippen LogP contribution in [0.2, 0.25) is 0 Å². The molecule has 1 fully saturated rings. The summed E-state index contributed by atoms with van der Waals surface area (Å²) in [5, 5.41) is 3.72. The van der Waals surface area contributed by atoms with Gasteiger partial charge in [0.1, 0.15) is 0 Å². The Labute approximate surface area is 128 Å². The molecule has 1 aromatic rings. The number of hydrogen-bond donors (Lipinski definition) is 1. The van der Waals surface area contributed by atoms with E-state index in [-0.39, 0.29) is 0 Å². The first-order valence-electron chi connectivity index (χ1n) is 8.01. The summed E-state index contributed by atoms with van der Waals surface area (Å²) >= 11 is 1.95. The van der Waals surface area contributed by atoms with Crippen molar-refractivity contribution in [3.05, 3.63) is 21.9 Å². The van der Waals surface area contributed by atoms with Crippen LogP contribution in [0.4, 0.5) is 0 Å². The fourth-order valence-corrected chi connectivity index (χ4v) is 4.41. The number of nitrogens with one attached hydrogen (secondary N) is 1. The summed E-state index contributed by atoms with van der Waals surface area (Å²) in [5.41, 5.74) is 0.364. The Hall–Kier alpha value is -0.380. The summed E-state index contributed by atoms with van der Waals surface area (Å²) < 4.78 is 0. The van der Waals surface area contributed by atoms with Gasteiger partial charge in [-0.3, -0.25) is 0 Å². The number of likely N-dealkylation sites (N-methyl/N-ethyl adjacent to an activating group) is 1. The van der Waals surface area contributed by atoms with Crippen LogP contribution < -0.4 is 5.32 Å². The second kappa shape index (κ2) is 7.06. The van der Waals surface area contributed by atoms with E-state index in [0.29, 0.717) is 5.54 Å². The van der Waals surface area contributed by atoms with E-state index in [9.17, 15) is 0 Å². The predicted octanol–water partition coefficient (Wildman–Crippen LogP) is 3.91. The van der Waals surface area contributed by atoms with Crippen molar-refractivity contribution in [3.8, 4) is 0 Å². The van der Waals surface area contributed by atoms with Gasteiger partial charge in [0.05, 0.1) is 0 Å². The van der Waals surface area contributed by atoms with Crippen molar-refractivity contribution in [3.63, 3.8) is 0 Å². The van der Waals surface area contributed by atoms with E-state index in [4.69, 9.17) is 0 Å². The topological polar surface area (TPSA) is 15.3 Å². The Morgan fingerprint density at radius 2 is 2.10 bits per heavy atom. The summed E-state index contributed by atoms with van der Waals surface area (Å²) in [5.74, 6) is 0.862. The van der Waals surface area contributed by atoms with Crippen LogP contribution in [0.25, 0.3) is 0 Å². The van der Waals surface area contributed by atoms with Gasteiger partial charge in [-0.1, -0.05) is 26.7 Å². The first-order valence-corrected chi connectivity index (χ1v) is 8.83. The lowest BCUT2D eigenvalue weighted by atomic mass is 9.75. The van der Waals surface area contributed by atoms with Crippen LogP contribution in [0.1, 0.15) is 49.3 Å². The summed E-state index contributed by atoms with van der Waals surface area (Å²) in [6, 6.07) is 4.55. The average Bonchev–Trinajstić information content (AvgIpc) is 2.86. The fraction of sp³-hybridized carbons (Fsp3) is 0.765. The predicted molar refractivity (Wildman–Crippen MR) is 89.5 cm³/mol. The Balaban J connectivity index is 1.89. The lowest BCUT2D eigenvalue weighted by Crippen LogP contribution is -2.54. The second-order valence-corrected chi connectivity index (χ2v) is 7.90. The second-order valence-electron chi connectivity index (χ2n) is 6.65. The summed E-state index contributed by atoms with van der Waals surface area (Å²) in [4.78, 5) is 5.43. The first-order chi connectivity index (χ1) is 9.55. The largest absolute Gasteiger partial charge is 0.310 e. The number of nitrogens with zero attached hydrogens (tertiary/aromatic N) is 1. The molecule has 1 saturated carbocycles. The van der Waals surface area contributed by atoms with Gasteiger partial charge < -0.3 is 10.2 Å². The zero-order valence-corrected chi connectivity index (χ0v) is 14.4. The molecular weight excluding hydrogens is 264 g/mol. The van der Waals surface area contributed by atoms with Crippen molar-refractivity contribution in [2.75, 3.05) is 20.6 Å². The van der Waals surface area contributed by atoms with Crippen LogP contribution in [-0.4, -0.2) is 31.1 Å². The maximum Gasteiger partial charge on any atom is 0.0330 e. The maximum absolute atomic E-state index is 3.72. The standard InChI is InChI=1S/C17H30N2S/c1-5-15-8-9-16(20-15)12-18-13-17(19(3)4)10-6-7-14(2)11-17/h8-9,14,18H,5-7,10-13H2,1-4H3. The van der Waals surface area contributed by atoms with Gasteiger partial charge in [-0.05, 0) is 51.4 Å². The minimum Gasteiger partial charge on any atom is -0.310 e. The van der Waals surface area contributed by atoms with Crippen molar-refractivity contribution in [1.29, 1.82) is 0 Å². The van der Waals surface area contributed by atoms with Crippen LogP contribution in [0, 0.1) is 5.92 Å². The van der Waals surface area contributed by atoms with Crippen LogP contribution in [0.3, 0.4) is 0 Å². The molecular formula is C17H30N2S. The van der Waals surface area contributed by atoms with Crippen molar-refractivity contribution in [1.82, 2.24) is 10.2 Å². The average molecular weight is 295 g/mol. The van der Waals surface area contributed by atoms with Crippen molar-refractivity contribution >= 4 is 11.3 Å². The Bertz CT molecular complexity index is 413. The molecule has 2 unspecified atom stereocenters. The molecule has 0 saturated heterocycles. The van der Waals surface area contributed by atoms with Crippen LogP contribution in [0.5, 0.6) is 0 Å². The monoisotopic (exact) mass is 294 g/mol. The minimum absolute atomic E-state index is 0.364. The van der Waals surface area contributed by atoms with Gasteiger partial charge >= 0.3 is 0 Å². The number of hydrogen-bond acceptors (Lipinski definition) is 3. The van der Waals surface area contributed by atoms with Gasteiger partial charge in [-0.2, -0.15) is 0 Å². The Kier molecular flexibility index (Phi) is 5.65. The van der Waals surface area contributed by atoms with E-state index < -0.39 is 0 Å². The molecule has 3 heteroatoms. The third-order valence-electron chi connectivity index (χ3n) is 4.84. The number of aryl methyl sites for hydroxylation is 1. The molecule has 1 aliphatic rings. The molecule has 0 amide bonds. The van der Waals surface area contributed by atoms with Gasteiger partial charge in [-0.15, -0.1) is 11.3 Å². The molecule has 2 rings (SSSR count). The highest BCUT2D eigenvalue weighted by Crippen LogP contribution is 2.35. The van der Waals surface area contributed by atoms with Gasteiger partial charge in [0.25, 0.3) is 0 Å². The van der Waals surface area contributed by atoms with Crippen LogP contribution >= 0.6 is 11.3 Å². The van der Waals surface area contributed by atoms with Crippen LogP contribution in [-0.2, 0) is 13.0 Å². The summed E-state index contributed by atoms with van der Waals surface area (Å²) in [6.07, 6.45) is 6.60. The zero-order valence-electron chi connectivity index (χ0n) is 13.5. The fourth-order valence-electron chi connectivity index (χ4n) is 3.48. The summed E-state index contributed by atoms with van der Waals surface area (Å²) in [7, 11) is 4.50. The van der Waals surface area contributed by atoms with Gasteiger partial charge in [-0.25, -0.2) is 0 Å². The van der Waals surface area contributed by atoms with Crippen molar-refractivity contribution < 1.29 is 0 Å². The highest BCUT2D eigenvalue weighted by molar-refractivity contribution is 7.11. The molecule has 114 valence electrons. The Morgan fingerprint density at radius 3 is 2.70 bits per heavy atom. The molecule has 0 aromatic carbocycles. The molecule has 2 atom stereocenters. The molecule has 1 heterocycles. The van der Waals surface area contributed by atoms with E-state index >= 15 is 0 Å². The molecule has 0 aliphatic heterocycles.